The Hall–Kier alpha value is -2.28. The molecular weight excluding hydrogens is 248 g/mol. The molecule has 0 spiro atoms. The minimum absolute atomic E-state index is 0.116. The van der Waals surface area contributed by atoms with Crippen LogP contribution in [0.1, 0.15) is 10.5 Å². The van der Waals surface area contributed by atoms with E-state index in [1.165, 1.54) is 29.1 Å². The fraction of sp³-hybridized carbons (Fsp3) is 0. The van der Waals surface area contributed by atoms with Crippen LogP contribution < -0.4 is 0 Å². The fourth-order valence-corrected chi connectivity index (χ4v) is 1.51. The van der Waals surface area contributed by atoms with Crippen molar-refractivity contribution in [2.75, 3.05) is 0 Å². The Bertz CT molecular complexity index is 596. The predicted molar refractivity (Wildman–Crippen MR) is 58.4 cm³/mol. The molecule has 0 fully saturated rings. The molecule has 86 valence electrons. The van der Waals surface area contributed by atoms with Gasteiger partial charge >= 0.3 is 0 Å². The Morgan fingerprint density at radius 2 is 2.24 bits per heavy atom. The maximum Gasteiger partial charge on any atom is 0.271 e. The van der Waals surface area contributed by atoms with Gasteiger partial charge in [0.05, 0.1) is 21.8 Å². The number of rotatable bonds is 3. The summed E-state index contributed by atoms with van der Waals surface area (Å²) in [6.45, 7) is 0. The second-order valence-electron chi connectivity index (χ2n) is 3.10. The molecule has 2 aromatic rings. The zero-order valence-electron chi connectivity index (χ0n) is 8.28. The van der Waals surface area contributed by atoms with E-state index in [2.05, 4.69) is 10.3 Å². The van der Waals surface area contributed by atoms with Crippen molar-refractivity contribution in [1.82, 2.24) is 15.0 Å². The average Bonchev–Trinajstić information content (AvgIpc) is 2.77. The van der Waals surface area contributed by atoms with E-state index < -0.39 is 4.92 Å². The van der Waals surface area contributed by atoms with Crippen LogP contribution in [0, 0.1) is 10.1 Å². The number of nitro benzene ring substituents is 1. The van der Waals surface area contributed by atoms with Gasteiger partial charge in [-0.15, -0.1) is 5.10 Å². The SMILES string of the molecule is O=Cc1cn(-c2ccc([N+](=O)[O-])cc2Cl)nn1. The van der Waals surface area contributed by atoms with Crippen molar-refractivity contribution in [1.29, 1.82) is 0 Å². The number of nitrogens with zero attached hydrogens (tertiary/aromatic N) is 4. The smallest absolute Gasteiger partial charge is 0.271 e. The molecule has 0 saturated heterocycles. The average molecular weight is 253 g/mol. The van der Waals surface area contributed by atoms with E-state index in [1.54, 1.807) is 0 Å². The summed E-state index contributed by atoms with van der Waals surface area (Å²) in [6, 6.07) is 3.94. The maximum absolute atomic E-state index is 10.5. The van der Waals surface area contributed by atoms with Crippen LogP contribution in [-0.2, 0) is 0 Å². The molecule has 0 unspecified atom stereocenters. The topological polar surface area (TPSA) is 90.9 Å². The van der Waals surface area contributed by atoms with E-state index in [-0.39, 0.29) is 16.4 Å². The molecule has 17 heavy (non-hydrogen) atoms. The third-order valence-electron chi connectivity index (χ3n) is 2.02. The van der Waals surface area contributed by atoms with Crippen molar-refractivity contribution < 1.29 is 9.72 Å². The lowest BCUT2D eigenvalue weighted by atomic mass is 10.3. The Labute approximate surface area is 99.8 Å². The van der Waals surface area contributed by atoms with Gasteiger partial charge in [-0.3, -0.25) is 14.9 Å². The zero-order valence-corrected chi connectivity index (χ0v) is 9.03. The molecule has 2 rings (SSSR count). The lowest BCUT2D eigenvalue weighted by Gasteiger charge is -2.02. The lowest BCUT2D eigenvalue weighted by molar-refractivity contribution is -0.384. The molecule has 8 heteroatoms. The molecule has 0 bridgehead atoms. The van der Waals surface area contributed by atoms with Gasteiger partial charge in [0.1, 0.15) is 5.69 Å². The number of hydrogen-bond acceptors (Lipinski definition) is 5. The molecule has 0 atom stereocenters. The Morgan fingerprint density at radius 3 is 2.76 bits per heavy atom. The van der Waals surface area contributed by atoms with Crippen molar-refractivity contribution in [3.05, 3.63) is 45.2 Å². The molecule has 0 aliphatic carbocycles. The largest absolute Gasteiger partial charge is 0.296 e. The first-order chi connectivity index (χ1) is 8.11. The van der Waals surface area contributed by atoms with Crippen LogP contribution in [0.15, 0.2) is 24.4 Å². The molecule has 0 N–H and O–H groups in total. The first-order valence-electron chi connectivity index (χ1n) is 4.43. The van der Waals surface area contributed by atoms with Crippen molar-refractivity contribution in [2.24, 2.45) is 0 Å². The van der Waals surface area contributed by atoms with E-state index in [0.717, 1.165) is 0 Å². The molecule has 1 heterocycles. The Balaban J connectivity index is 2.46. The van der Waals surface area contributed by atoms with E-state index in [1.807, 2.05) is 0 Å². The van der Waals surface area contributed by atoms with Crippen molar-refractivity contribution in [3.8, 4) is 5.69 Å². The summed E-state index contributed by atoms with van der Waals surface area (Å²) in [5.41, 5.74) is 0.451. The second-order valence-corrected chi connectivity index (χ2v) is 3.51. The number of carbonyl (C=O) groups is 1. The number of carbonyl (C=O) groups excluding carboxylic acids is 1. The standard InChI is InChI=1S/C9H5ClN4O3/c10-8-3-7(14(16)17)1-2-9(8)13-4-6(5-15)11-12-13/h1-5H. The third kappa shape index (κ3) is 2.13. The minimum Gasteiger partial charge on any atom is -0.296 e. The summed E-state index contributed by atoms with van der Waals surface area (Å²) in [7, 11) is 0. The molecular formula is C9H5ClN4O3. The molecule has 0 saturated carbocycles. The van der Waals surface area contributed by atoms with Crippen LogP contribution in [0.25, 0.3) is 5.69 Å². The highest BCUT2D eigenvalue weighted by Crippen LogP contribution is 2.24. The lowest BCUT2D eigenvalue weighted by Crippen LogP contribution is -1.97. The summed E-state index contributed by atoms with van der Waals surface area (Å²) >= 11 is 5.88. The van der Waals surface area contributed by atoms with E-state index >= 15 is 0 Å². The quantitative estimate of drug-likeness (QED) is 0.470. The van der Waals surface area contributed by atoms with Crippen LogP contribution in [-0.4, -0.2) is 26.2 Å². The van der Waals surface area contributed by atoms with Crippen LogP contribution in [0.4, 0.5) is 5.69 Å². The van der Waals surface area contributed by atoms with E-state index in [4.69, 9.17) is 11.6 Å². The highest BCUT2D eigenvalue weighted by Gasteiger charge is 2.11. The van der Waals surface area contributed by atoms with Gasteiger partial charge in [-0.2, -0.15) is 0 Å². The second kappa shape index (κ2) is 4.30. The Kier molecular flexibility index (Phi) is 2.84. The molecule has 0 radical (unpaired) electrons. The fourth-order valence-electron chi connectivity index (χ4n) is 1.24. The molecule has 1 aromatic heterocycles. The van der Waals surface area contributed by atoms with Gasteiger partial charge in [-0.25, -0.2) is 4.68 Å². The molecule has 7 nitrogen and oxygen atoms in total. The van der Waals surface area contributed by atoms with Crippen LogP contribution in [0.5, 0.6) is 0 Å². The summed E-state index contributed by atoms with van der Waals surface area (Å²) in [4.78, 5) is 20.4. The van der Waals surface area contributed by atoms with Gasteiger partial charge < -0.3 is 0 Å². The number of hydrogen-bond donors (Lipinski definition) is 0. The summed E-state index contributed by atoms with van der Waals surface area (Å²) in [5.74, 6) is 0. The van der Waals surface area contributed by atoms with Crippen molar-refractivity contribution in [2.45, 2.75) is 0 Å². The van der Waals surface area contributed by atoms with Gasteiger partial charge in [0, 0.05) is 12.1 Å². The van der Waals surface area contributed by atoms with Gasteiger partial charge in [0.15, 0.2) is 6.29 Å². The van der Waals surface area contributed by atoms with Crippen LogP contribution in [0.2, 0.25) is 5.02 Å². The van der Waals surface area contributed by atoms with Gasteiger partial charge in [0.25, 0.3) is 5.69 Å². The number of halogens is 1. The minimum atomic E-state index is -0.548. The predicted octanol–water partition coefficient (Wildman–Crippen LogP) is 1.64. The first kappa shape index (κ1) is 11.2. The van der Waals surface area contributed by atoms with E-state index in [9.17, 15) is 14.9 Å². The van der Waals surface area contributed by atoms with Crippen molar-refractivity contribution >= 4 is 23.6 Å². The molecule has 0 amide bonds. The highest BCUT2D eigenvalue weighted by molar-refractivity contribution is 6.32. The molecule has 0 aliphatic rings. The van der Waals surface area contributed by atoms with Crippen LogP contribution >= 0.6 is 11.6 Å². The molecule has 1 aromatic carbocycles. The highest BCUT2D eigenvalue weighted by atomic mass is 35.5. The summed E-state index contributed by atoms with van der Waals surface area (Å²) in [6.07, 6.45) is 1.92. The molecule has 0 aliphatic heterocycles. The van der Waals surface area contributed by atoms with Gasteiger partial charge in [-0.1, -0.05) is 16.8 Å². The number of nitro groups is 1. The monoisotopic (exact) mass is 252 g/mol. The summed E-state index contributed by atoms with van der Waals surface area (Å²) < 4.78 is 1.27. The van der Waals surface area contributed by atoms with Crippen LogP contribution in [0.3, 0.4) is 0 Å². The number of benzene rings is 1. The van der Waals surface area contributed by atoms with Gasteiger partial charge in [0.2, 0.25) is 0 Å². The number of aromatic nitrogens is 3. The normalized spacial score (nSPS) is 10.2. The van der Waals surface area contributed by atoms with E-state index in [0.29, 0.717) is 12.0 Å². The summed E-state index contributed by atoms with van der Waals surface area (Å²) in [5, 5.41) is 17.9. The number of non-ortho nitro benzene ring substituents is 1. The first-order valence-corrected chi connectivity index (χ1v) is 4.81. The Morgan fingerprint density at radius 1 is 1.47 bits per heavy atom. The number of aldehydes is 1. The van der Waals surface area contributed by atoms with Gasteiger partial charge in [-0.05, 0) is 6.07 Å². The maximum atomic E-state index is 10.5. The third-order valence-corrected chi connectivity index (χ3v) is 2.32. The zero-order chi connectivity index (χ0) is 12.4. The van der Waals surface area contributed by atoms with Crippen molar-refractivity contribution in [3.63, 3.8) is 0 Å².